The van der Waals surface area contributed by atoms with E-state index in [9.17, 15) is 8.42 Å². The zero-order valence-corrected chi connectivity index (χ0v) is 19.9. The van der Waals surface area contributed by atoms with Crippen LogP contribution in [0, 0.1) is 0 Å². The molecule has 6 nitrogen and oxygen atoms in total. The second kappa shape index (κ2) is 10.6. The summed E-state index contributed by atoms with van der Waals surface area (Å²) in [6.07, 6.45) is 1.59. The summed E-state index contributed by atoms with van der Waals surface area (Å²) in [6, 6.07) is 27.3. The Bertz CT molecular complexity index is 1320. The van der Waals surface area contributed by atoms with Crippen molar-refractivity contribution in [2.45, 2.75) is 18.0 Å². The summed E-state index contributed by atoms with van der Waals surface area (Å²) in [5, 5.41) is 0. The molecule has 0 amide bonds. The molecule has 0 unspecified atom stereocenters. The van der Waals surface area contributed by atoms with Gasteiger partial charge < -0.3 is 9.15 Å². The van der Waals surface area contributed by atoms with Crippen LogP contribution in [-0.2, 0) is 23.2 Å². The van der Waals surface area contributed by atoms with Gasteiger partial charge in [0.2, 0.25) is 10.0 Å². The van der Waals surface area contributed by atoms with Crippen molar-refractivity contribution in [2.75, 3.05) is 0 Å². The number of benzene rings is 3. The Hall–Kier alpha value is -3.20. The van der Waals surface area contributed by atoms with Crippen LogP contribution in [0.2, 0.25) is 0 Å². The number of sulfonamides is 1. The molecule has 33 heavy (non-hydrogen) atoms. The third-order valence-corrected chi connectivity index (χ3v) is 6.61. The van der Waals surface area contributed by atoms with Gasteiger partial charge in [0.25, 0.3) is 0 Å². The van der Waals surface area contributed by atoms with Gasteiger partial charge in [-0.1, -0.05) is 46.3 Å². The molecule has 0 bridgehead atoms. The number of furan rings is 1. The molecular weight excluding hydrogens is 504 g/mol. The summed E-state index contributed by atoms with van der Waals surface area (Å²) in [6.45, 7) is 0.546. The zero-order valence-electron chi connectivity index (χ0n) is 17.5. The van der Waals surface area contributed by atoms with Crippen molar-refractivity contribution in [3.05, 3.63) is 113 Å². The number of halogens is 1. The van der Waals surface area contributed by atoms with Gasteiger partial charge in [-0.15, -0.1) is 0 Å². The van der Waals surface area contributed by atoms with Crippen LogP contribution in [0.4, 0.5) is 5.69 Å². The predicted octanol–water partition coefficient (Wildman–Crippen LogP) is 5.85. The Kier molecular flexibility index (Phi) is 7.39. The molecule has 4 rings (SSSR count). The van der Waals surface area contributed by atoms with Crippen molar-refractivity contribution in [1.82, 2.24) is 4.72 Å². The van der Waals surface area contributed by atoms with Crippen LogP contribution < -0.4 is 9.46 Å². The molecule has 0 spiro atoms. The van der Waals surface area contributed by atoms with E-state index in [-0.39, 0.29) is 11.4 Å². The lowest BCUT2D eigenvalue weighted by atomic mass is 10.2. The number of hydrogen-bond donors (Lipinski definition) is 1. The van der Waals surface area contributed by atoms with Gasteiger partial charge in [0.15, 0.2) is 0 Å². The molecule has 0 radical (unpaired) electrons. The molecule has 0 saturated heterocycles. The SMILES string of the molecule is O=S(=O)(NCc1ccc(C=Nc2ccc(OCc3ccccc3)cc2)o1)c1ccc(Br)cc1. The number of hydrogen-bond acceptors (Lipinski definition) is 5. The Morgan fingerprint density at radius 3 is 2.36 bits per heavy atom. The molecule has 4 aromatic rings. The molecule has 0 fully saturated rings. The van der Waals surface area contributed by atoms with Gasteiger partial charge in [0.05, 0.1) is 23.3 Å². The highest BCUT2D eigenvalue weighted by Crippen LogP contribution is 2.20. The Morgan fingerprint density at radius 2 is 1.64 bits per heavy atom. The third kappa shape index (κ3) is 6.64. The average Bonchev–Trinajstić information content (AvgIpc) is 3.30. The van der Waals surface area contributed by atoms with Gasteiger partial charge >= 0.3 is 0 Å². The zero-order chi connectivity index (χ0) is 23.1. The first-order valence-corrected chi connectivity index (χ1v) is 12.4. The minimum atomic E-state index is -3.62. The molecule has 168 valence electrons. The van der Waals surface area contributed by atoms with Crippen molar-refractivity contribution in [3.63, 3.8) is 0 Å². The van der Waals surface area contributed by atoms with E-state index in [1.54, 1.807) is 30.5 Å². The van der Waals surface area contributed by atoms with Gasteiger partial charge in [-0.3, -0.25) is 4.99 Å². The standard InChI is InChI=1S/C25H21BrN2O4S/c26-20-6-14-25(15-7-20)33(29,30)28-17-24-13-12-23(32-24)16-27-21-8-10-22(11-9-21)31-18-19-4-2-1-3-5-19/h1-16,28H,17-18H2. The Balaban J connectivity index is 1.30. The van der Waals surface area contributed by atoms with Crippen LogP contribution in [0.5, 0.6) is 5.75 Å². The molecule has 0 aliphatic heterocycles. The summed E-state index contributed by atoms with van der Waals surface area (Å²) in [5.74, 6) is 1.77. The molecule has 1 heterocycles. The highest BCUT2D eigenvalue weighted by Gasteiger charge is 2.14. The van der Waals surface area contributed by atoms with Gasteiger partial charge in [-0.2, -0.15) is 0 Å². The van der Waals surface area contributed by atoms with Gasteiger partial charge in [-0.05, 0) is 66.2 Å². The van der Waals surface area contributed by atoms with E-state index in [1.165, 1.54) is 12.1 Å². The summed E-state index contributed by atoms with van der Waals surface area (Å²) in [7, 11) is -3.62. The maximum Gasteiger partial charge on any atom is 0.240 e. The largest absolute Gasteiger partial charge is 0.489 e. The summed E-state index contributed by atoms with van der Waals surface area (Å²) in [4.78, 5) is 4.59. The van der Waals surface area contributed by atoms with Crippen LogP contribution in [0.1, 0.15) is 17.1 Å². The number of nitrogens with one attached hydrogen (secondary N) is 1. The first-order valence-electron chi connectivity index (χ1n) is 10.1. The fraction of sp³-hybridized carbons (Fsp3) is 0.0800. The highest BCUT2D eigenvalue weighted by atomic mass is 79.9. The first-order chi connectivity index (χ1) is 16.0. The molecule has 0 aliphatic rings. The monoisotopic (exact) mass is 524 g/mol. The maximum atomic E-state index is 12.4. The van der Waals surface area contributed by atoms with Crippen LogP contribution in [-0.4, -0.2) is 14.6 Å². The van der Waals surface area contributed by atoms with Crippen molar-refractivity contribution in [1.29, 1.82) is 0 Å². The van der Waals surface area contributed by atoms with Crippen molar-refractivity contribution < 1.29 is 17.6 Å². The third-order valence-electron chi connectivity index (χ3n) is 4.67. The van der Waals surface area contributed by atoms with Crippen LogP contribution in [0.3, 0.4) is 0 Å². The lowest BCUT2D eigenvalue weighted by Gasteiger charge is -2.06. The second-order valence-electron chi connectivity index (χ2n) is 7.11. The normalized spacial score (nSPS) is 11.7. The molecular formula is C25H21BrN2O4S. The molecule has 0 atom stereocenters. The van der Waals surface area contributed by atoms with E-state index in [0.717, 1.165) is 21.5 Å². The molecule has 8 heteroatoms. The Labute approximate surface area is 201 Å². The number of rotatable bonds is 9. The van der Waals surface area contributed by atoms with E-state index in [1.807, 2.05) is 54.6 Å². The molecule has 1 aromatic heterocycles. The van der Waals surface area contributed by atoms with E-state index < -0.39 is 10.0 Å². The number of ether oxygens (including phenoxy) is 1. The molecule has 1 N–H and O–H groups in total. The molecule has 3 aromatic carbocycles. The smallest absolute Gasteiger partial charge is 0.240 e. The van der Waals surface area contributed by atoms with Crippen LogP contribution in [0.25, 0.3) is 0 Å². The number of nitrogens with zero attached hydrogens (tertiary/aromatic N) is 1. The topological polar surface area (TPSA) is 80.9 Å². The minimum absolute atomic E-state index is 0.0414. The fourth-order valence-electron chi connectivity index (χ4n) is 2.93. The lowest BCUT2D eigenvalue weighted by Crippen LogP contribution is -2.22. The van der Waals surface area contributed by atoms with E-state index in [4.69, 9.17) is 9.15 Å². The summed E-state index contributed by atoms with van der Waals surface area (Å²) >= 11 is 3.29. The van der Waals surface area contributed by atoms with Crippen LogP contribution in [0.15, 0.2) is 110 Å². The van der Waals surface area contributed by atoms with Crippen molar-refractivity contribution >= 4 is 37.9 Å². The maximum absolute atomic E-state index is 12.4. The number of aliphatic imine (C=N–C) groups is 1. The second-order valence-corrected chi connectivity index (χ2v) is 9.79. The predicted molar refractivity (Wildman–Crippen MR) is 131 cm³/mol. The lowest BCUT2D eigenvalue weighted by molar-refractivity contribution is 0.306. The first kappa shape index (κ1) is 23.0. The summed E-state index contributed by atoms with van der Waals surface area (Å²) < 4.78 is 39.5. The minimum Gasteiger partial charge on any atom is -0.489 e. The van der Waals surface area contributed by atoms with Crippen LogP contribution >= 0.6 is 15.9 Å². The average molecular weight is 525 g/mol. The van der Waals surface area contributed by atoms with Crippen molar-refractivity contribution in [2.24, 2.45) is 4.99 Å². The quantitative estimate of drug-likeness (QED) is 0.278. The van der Waals surface area contributed by atoms with Gasteiger partial charge in [0, 0.05) is 4.47 Å². The van der Waals surface area contributed by atoms with Gasteiger partial charge in [-0.25, -0.2) is 13.1 Å². The van der Waals surface area contributed by atoms with Gasteiger partial charge in [0.1, 0.15) is 23.9 Å². The van der Waals surface area contributed by atoms with Crippen molar-refractivity contribution in [3.8, 4) is 5.75 Å². The summed E-state index contributed by atoms with van der Waals surface area (Å²) in [5.41, 5.74) is 1.85. The van der Waals surface area contributed by atoms with E-state index in [0.29, 0.717) is 18.1 Å². The molecule has 0 aliphatic carbocycles. The van der Waals surface area contributed by atoms with E-state index >= 15 is 0 Å². The Morgan fingerprint density at radius 1 is 0.909 bits per heavy atom. The van der Waals surface area contributed by atoms with E-state index in [2.05, 4.69) is 25.6 Å². The molecule has 0 saturated carbocycles. The highest BCUT2D eigenvalue weighted by molar-refractivity contribution is 9.10. The fourth-order valence-corrected chi connectivity index (χ4v) is 4.19.